The number of rotatable bonds is 6. The van der Waals surface area contributed by atoms with Gasteiger partial charge in [0.25, 0.3) is 0 Å². The van der Waals surface area contributed by atoms with Gasteiger partial charge in [-0.05, 0) is 37.0 Å². The number of aromatic hydroxyl groups is 1. The molecule has 0 saturated carbocycles. The summed E-state index contributed by atoms with van der Waals surface area (Å²) in [5, 5.41) is 28.7. The van der Waals surface area contributed by atoms with Gasteiger partial charge in [-0.2, -0.15) is 0 Å². The maximum absolute atomic E-state index is 13.0. The summed E-state index contributed by atoms with van der Waals surface area (Å²) in [6, 6.07) is 2.10. The van der Waals surface area contributed by atoms with E-state index in [2.05, 4.69) is 42.5 Å². The fourth-order valence-corrected chi connectivity index (χ4v) is 4.29. The minimum absolute atomic E-state index is 0.0350. The fraction of sp³-hybridized carbons (Fsp3) is 0.483. The molecule has 1 aromatic carbocycles. The van der Waals surface area contributed by atoms with Crippen molar-refractivity contribution >= 4 is 53.2 Å². The number of nitrogens with one attached hydrogen (secondary N) is 8. The van der Waals surface area contributed by atoms with E-state index in [-0.39, 0.29) is 44.4 Å². The average Bonchev–Trinajstić information content (AvgIpc) is 3.03. The van der Waals surface area contributed by atoms with E-state index in [1.165, 1.54) is 31.2 Å². The molecule has 0 aromatic heterocycles. The molecule has 19 nitrogen and oxygen atoms in total. The van der Waals surface area contributed by atoms with Crippen LogP contribution in [0.2, 0.25) is 0 Å². The Labute approximate surface area is 275 Å². The zero-order valence-electron chi connectivity index (χ0n) is 26.3. The summed E-state index contributed by atoms with van der Waals surface area (Å²) in [4.78, 5) is 111. The Balaban J connectivity index is 2.24. The van der Waals surface area contributed by atoms with Gasteiger partial charge in [0.1, 0.15) is 23.9 Å². The number of primary amides is 1. The van der Waals surface area contributed by atoms with Crippen molar-refractivity contribution in [1.82, 2.24) is 42.5 Å². The van der Waals surface area contributed by atoms with Crippen LogP contribution in [0.5, 0.6) is 5.75 Å². The highest BCUT2D eigenvalue weighted by molar-refractivity contribution is 5.95. The molecule has 1 heterocycles. The summed E-state index contributed by atoms with van der Waals surface area (Å²) in [6.07, 6.45) is -0.247. The number of carbonyl (C=O) groups is 9. The van der Waals surface area contributed by atoms with Crippen LogP contribution >= 0.6 is 0 Å². The van der Waals surface area contributed by atoms with Crippen molar-refractivity contribution in [2.24, 2.45) is 5.73 Å². The van der Waals surface area contributed by atoms with Crippen LogP contribution in [0.25, 0.3) is 0 Å². The molecule has 1 aliphatic heterocycles. The molecule has 1 aromatic rings. The molecule has 3 atom stereocenters. The first-order valence-corrected chi connectivity index (χ1v) is 15.0. The highest BCUT2D eigenvalue weighted by Gasteiger charge is 2.26. The minimum Gasteiger partial charge on any atom is -0.508 e. The summed E-state index contributed by atoms with van der Waals surface area (Å²) in [7, 11) is 0. The van der Waals surface area contributed by atoms with Crippen molar-refractivity contribution in [3.05, 3.63) is 29.8 Å². The number of phenolic OH excluding ortho intramolecular Hbond substituents is 1. The highest BCUT2D eigenvalue weighted by atomic mass is 16.3. The third-order valence-electron chi connectivity index (χ3n) is 6.80. The summed E-state index contributed by atoms with van der Waals surface area (Å²) in [5.74, 6) is -6.54. The SMILES string of the molecule is CC(=O)NCC(=O)NC1CCC(=O)NCCCC(C(N)=O)NC(=O)CNC(=O)CNC(=O)C(Cc2ccc(O)cc2)NC(=O)CNC1=O. The zero-order valence-corrected chi connectivity index (χ0v) is 26.3. The number of benzene rings is 1. The molecule has 9 amide bonds. The number of phenols is 1. The lowest BCUT2D eigenvalue weighted by Crippen LogP contribution is -2.54. The monoisotopic (exact) mass is 675 g/mol. The summed E-state index contributed by atoms with van der Waals surface area (Å²) < 4.78 is 0. The van der Waals surface area contributed by atoms with Crippen LogP contribution < -0.4 is 48.3 Å². The lowest BCUT2D eigenvalue weighted by molar-refractivity contribution is -0.132. The number of hydrogen-bond donors (Lipinski definition) is 10. The van der Waals surface area contributed by atoms with E-state index in [0.717, 1.165) is 0 Å². The lowest BCUT2D eigenvalue weighted by Gasteiger charge is -2.20. The Bertz CT molecular complexity index is 1370. The van der Waals surface area contributed by atoms with E-state index in [1.807, 2.05) is 0 Å². The maximum atomic E-state index is 13.0. The van der Waals surface area contributed by atoms with Gasteiger partial charge < -0.3 is 53.4 Å². The predicted octanol–water partition coefficient (Wildman–Crippen LogP) is -4.95. The van der Waals surface area contributed by atoms with E-state index in [9.17, 15) is 48.3 Å². The molecule has 19 heteroatoms. The second-order valence-corrected chi connectivity index (χ2v) is 10.8. The molecular formula is C29H41N9O10. The quantitative estimate of drug-likeness (QED) is 0.137. The van der Waals surface area contributed by atoms with Gasteiger partial charge in [-0.3, -0.25) is 43.2 Å². The Hall–Kier alpha value is -5.75. The van der Waals surface area contributed by atoms with Gasteiger partial charge in [-0.15, -0.1) is 0 Å². The van der Waals surface area contributed by atoms with E-state index in [4.69, 9.17) is 5.73 Å². The second-order valence-electron chi connectivity index (χ2n) is 10.8. The maximum Gasteiger partial charge on any atom is 0.243 e. The summed E-state index contributed by atoms with van der Waals surface area (Å²) >= 11 is 0. The highest BCUT2D eigenvalue weighted by Crippen LogP contribution is 2.11. The molecule has 0 radical (unpaired) electrons. The van der Waals surface area contributed by atoms with Crippen LogP contribution in [0.1, 0.15) is 38.2 Å². The normalized spacial score (nSPS) is 21.1. The van der Waals surface area contributed by atoms with Crippen molar-refractivity contribution in [3.63, 3.8) is 0 Å². The van der Waals surface area contributed by atoms with Crippen molar-refractivity contribution in [1.29, 1.82) is 0 Å². The van der Waals surface area contributed by atoms with Gasteiger partial charge in [-0.1, -0.05) is 12.1 Å². The first-order chi connectivity index (χ1) is 22.7. The van der Waals surface area contributed by atoms with Gasteiger partial charge in [0, 0.05) is 26.3 Å². The van der Waals surface area contributed by atoms with Crippen LogP contribution in [0.3, 0.4) is 0 Å². The molecule has 1 saturated heterocycles. The average molecular weight is 676 g/mol. The van der Waals surface area contributed by atoms with E-state index >= 15 is 0 Å². The van der Waals surface area contributed by atoms with Crippen LogP contribution in [0.15, 0.2) is 24.3 Å². The van der Waals surface area contributed by atoms with Crippen LogP contribution in [-0.4, -0.2) is 109 Å². The number of carbonyl (C=O) groups excluding carboxylic acids is 9. The molecule has 1 fully saturated rings. The molecule has 11 N–H and O–H groups in total. The van der Waals surface area contributed by atoms with Gasteiger partial charge >= 0.3 is 0 Å². The van der Waals surface area contributed by atoms with Crippen LogP contribution in [0.4, 0.5) is 0 Å². The standard InChI is InChI=1S/C29H41N9O10/c1-16(39)32-13-24(43)37-20-8-9-22(41)31-10-2-3-19(27(30)46)36-25(44)14-33-23(42)12-34-29(48)21(38-26(45)15-35-28(20)47)11-17-4-6-18(40)7-5-17/h4-7,19-21,40H,2-3,8-15H2,1H3,(H2,30,46)(H,31,41)(H,32,39)(H,33,42)(H,34,48)(H,35,47)(H,36,44)(H,37,43)(H,38,45). The number of nitrogens with two attached hydrogens (primary N) is 1. The molecule has 0 bridgehead atoms. The predicted molar refractivity (Wildman–Crippen MR) is 166 cm³/mol. The van der Waals surface area contributed by atoms with Crippen LogP contribution in [0, 0.1) is 0 Å². The zero-order chi connectivity index (χ0) is 35.6. The smallest absolute Gasteiger partial charge is 0.243 e. The Kier molecular flexibility index (Phi) is 15.8. The summed E-state index contributed by atoms with van der Waals surface area (Å²) in [5.41, 5.74) is 5.90. The molecular weight excluding hydrogens is 634 g/mol. The van der Waals surface area contributed by atoms with Gasteiger partial charge in [0.15, 0.2) is 0 Å². The molecule has 3 unspecified atom stereocenters. The molecule has 262 valence electrons. The molecule has 48 heavy (non-hydrogen) atoms. The summed E-state index contributed by atoms with van der Waals surface area (Å²) in [6.45, 7) is -0.938. The third kappa shape index (κ3) is 15.0. The molecule has 2 rings (SSSR count). The van der Waals surface area contributed by atoms with Crippen molar-refractivity contribution in [2.45, 2.75) is 57.2 Å². The van der Waals surface area contributed by atoms with Gasteiger partial charge in [-0.25, -0.2) is 0 Å². The third-order valence-corrected chi connectivity index (χ3v) is 6.80. The van der Waals surface area contributed by atoms with Crippen molar-refractivity contribution in [2.75, 3.05) is 32.7 Å². The van der Waals surface area contributed by atoms with Crippen molar-refractivity contribution in [3.8, 4) is 5.75 Å². The molecule has 1 aliphatic rings. The molecule has 0 spiro atoms. The van der Waals surface area contributed by atoms with E-state index < -0.39 is 97.5 Å². The minimum atomic E-state index is -1.30. The molecule has 0 aliphatic carbocycles. The first-order valence-electron chi connectivity index (χ1n) is 15.0. The Morgan fingerprint density at radius 3 is 2.10 bits per heavy atom. The fourth-order valence-electron chi connectivity index (χ4n) is 4.29. The first kappa shape index (κ1) is 38.4. The Morgan fingerprint density at radius 2 is 1.44 bits per heavy atom. The van der Waals surface area contributed by atoms with Gasteiger partial charge in [0.05, 0.1) is 26.2 Å². The van der Waals surface area contributed by atoms with Gasteiger partial charge in [0.2, 0.25) is 53.2 Å². The largest absolute Gasteiger partial charge is 0.508 e. The number of hydrogen-bond acceptors (Lipinski definition) is 10. The topological polar surface area (TPSA) is 296 Å². The van der Waals surface area contributed by atoms with Crippen molar-refractivity contribution < 1.29 is 48.3 Å². The second kappa shape index (κ2) is 19.7. The number of amides is 9. The van der Waals surface area contributed by atoms with E-state index in [1.54, 1.807) is 0 Å². The Morgan fingerprint density at radius 1 is 0.812 bits per heavy atom. The van der Waals surface area contributed by atoms with Crippen LogP contribution in [-0.2, 0) is 49.6 Å². The lowest BCUT2D eigenvalue weighted by atomic mass is 10.0. The van der Waals surface area contributed by atoms with E-state index in [0.29, 0.717) is 5.56 Å².